The fraction of sp³-hybridized carbons (Fsp3) is 0.357. The van der Waals surface area contributed by atoms with Crippen LogP contribution in [0.5, 0.6) is 5.75 Å². The average Bonchev–Trinajstić information content (AvgIpc) is 2.44. The summed E-state index contributed by atoms with van der Waals surface area (Å²) in [7, 11) is 1.53. The van der Waals surface area contributed by atoms with Crippen molar-refractivity contribution >= 4 is 23.5 Å². The zero-order chi connectivity index (χ0) is 14.7. The van der Waals surface area contributed by atoms with Gasteiger partial charge in [0, 0.05) is 0 Å². The predicted molar refractivity (Wildman–Crippen MR) is 72.4 cm³/mol. The van der Waals surface area contributed by atoms with Crippen molar-refractivity contribution in [2.75, 3.05) is 12.0 Å². The molecule has 6 nitrogen and oxygen atoms in total. The van der Waals surface area contributed by atoms with Gasteiger partial charge in [0.1, 0.15) is 11.7 Å². The summed E-state index contributed by atoms with van der Waals surface area (Å²) in [6.45, 7) is 1.88. The second-order valence-electron chi connectivity index (χ2n) is 4.51. The number of imide groups is 2. The van der Waals surface area contributed by atoms with E-state index in [1.165, 1.54) is 7.11 Å². The Kier molecular flexibility index (Phi) is 4.02. The number of nitrogens with zero attached hydrogens (tertiary/aromatic N) is 1. The van der Waals surface area contributed by atoms with Gasteiger partial charge in [0.15, 0.2) is 0 Å². The molecule has 0 bridgehead atoms. The second-order valence-corrected chi connectivity index (χ2v) is 4.51. The Hall–Kier alpha value is -2.37. The standard InChI is InChI=1S/C14H16N2O4/c1-3-4-11-12(17)15-14(19)16(13(11)18)9-5-7-10(20-2)8-6-9/h5-8,11H,3-4H2,1-2H3,(H,15,17,19). The van der Waals surface area contributed by atoms with Gasteiger partial charge >= 0.3 is 6.03 Å². The summed E-state index contributed by atoms with van der Waals surface area (Å²) in [5, 5.41) is 2.22. The summed E-state index contributed by atoms with van der Waals surface area (Å²) in [4.78, 5) is 36.9. The Morgan fingerprint density at radius 1 is 1.20 bits per heavy atom. The van der Waals surface area contributed by atoms with Crippen LogP contribution in [0.3, 0.4) is 0 Å². The van der Waals surface area contributed by atoms with E-state index in [2.05, 4.69) is 5.32 Å². The highest BCUT2D eigenvalue weighted by Crippen LogP contribution is 2.24. The lowest BCUT2D eigenvalue weighted by Gasteiger charge is -2.30. The lowest BCUT2D eigenvalue weighted by atomic mass is 9.99. The zero-order valence-corrected chi connectivity index (χ0v) is 11.4. The summed E-state index contributed by atoms with van der Waals surface area (Å²) in [6, 6.07) is 5.81. The molecular weight excluding hydrogens is 260 g/mol. The number of barbiturate groups is 1. The normalized spacial score (nSPS) is 19.0. The Morgan fingerprint density at radius 2 is 1.85 bits per heavy atom. The van der Waals surface area contributed by atoms with Crippen molar-refractivity contribution in [3.63, 3.8) is 0 Å². The molecule has 0 aliphatic carbocycles. The second kappa shape index (κ2) is 5.73. The topological polar surface area (TPSA) is 75.7 Å². The van der Waals surface area contributed by atoms with Crippen LogP contribution in [0.4, 0.5) is 10.5 Å². The molecule has 1 atom stereocenters. The van der Waals surface area contributed by atoms with E-state index in [-0.39, 0.29) is 0 Å². The molecule has 0 saturated carbocycles. The fourth-order valence-electron chi connectivity index (χ4n) is 2.14. The smallest absolute Gasteiger partial charge is 0.335 e. The average molecular weight is 276 g/mol. The maximum absolute atomic E-state index is 12.3. The van der Waals surface area contributed by atoms with Crippen molar-refractivity contribution in [2.24, 2.45) is 5.92 Å². The number of ether oxygens (including phenoxy) is 1. The van der Waals surface area contributed by atoms with Crippen molar-refractivity contribution in [1.29, 1.82) is 0 Å². The molecule has 6 heteroatoms. The minimum atomic E-state index is -0.806. The zero-order valence-electron chi connectivity index (χ0n) is 11.4. The first-order valence-corrected chi connectivity index (χ1v) is 6.41. The highest BCUT2D eigenvalue weighted by molar-refractivity contribution is 6.27. The molecule has 0 spiro atoms. The van der Waals surface area contributed by atoms with Crippen molar-refractivity contribution in [2.45, 2.75) is 19.8 Å². The fourth-order valence-corrected chi connectivity index (χ4v) is 2.14. The van der Waals surface area contributed by atoms with Gasteiger partial charge in [0.25, 0.3) is 0 Å². The third kappa shape index (κ3) is 2.49. The number of benzene rings is 1. The maximum atomic E-state index is 12.3. The summed E-state index contributed by atoms with van der Waals surface area (Å²) >= 11 is 0. The summed E-state index contributed by atoms with van der Waals surface area (Å²) in [5.74, 6) is -1.18. The predicted octanol–water partition coefficient (Wildman–Crippen LogP) is 1.69. The van der Waals surface area contributed by atoms with Crippen LogP contribution in [0, 0.1) is 5.92 Å². The molecule has 1 fully saturated rings. The molecule has 20 heavy (non-hydrogen) atoms. The van der Waals surface area contributed by atoms with Crippen LogP contribution in [-0.4, -0.2) is 25.0 Å². The minimum absolute atomic E-state index is 0.418. The number of carbonyl (C=O) groups is 3. The number of rotatable bonds is 4. The van der Waals surface area contributed by atoms with Crippen molar-refractivity contribution in [1.82, 2.24) is 5.32 Å². The van der Waals surface area contributed by atoms with E-state index in [0.29, 0.717) is 24.3 Å². The lowest BCUT2D eigenvalue weighted by molar-refractivity contribution is -0.134. The molecule has 1 aromatic carbocycles. The van der Waals surface area contributed by atoms with Gasteiger partial charge in [0.2, 0.25) is 11.8 Å². The van der Waals surface area contributed by atoms with Crippen LogP contribution in [0.15, 0.2) is 24.3 Å². The molecule has 0 radical (unpaired) electrons. The number of urea groups is 1. The van der Waals surface area contributed by atoms with Gasteiger partial charge < -0.3 is 4.74 Å². The maximum Gasteiger partial charge on any atom is 0.335 e. The SMILES string of the molecule is CCCC1C(=O)NC(=O)N(c2ccc(OC)cc2)C1=O. The van der Waals surface area contributed by atoms with Gasteiger partial charge in [0.05, 0.1) is 12.8 Å². The van der Waals surface area contributed by atoms with E-state index in [9.17, 15) is 14.4 Å². The Morgan fingerprint density at radius 3 is 2.40 bits per heavy atom. The quantitative estimate of drug-likeness (QED) is 0.849. The largest absolute Gasteiger partial charge is 0.497 e. The number of methoxy groups -OCH3 is 1. The van der Waals surface area contributed by atoms with Gasteiger partial charge in [-0.25, -0.2) is 9.69 Å². The van der Waals surface area contributed by atoms with Crippen molar-refractivity contribution in [3.8, 4) is 5.75 Å². The summed E-state index contributed by atoms with van der Waals surface area (Å²) in [5.41, 5.74) is 0.418. The van der Waals surface area contributed by atoms with E-state index in [4.69, 9.17) is 4.74 Å². The Labute approximate surface area is 116 Å². The summed E-state index contributed by atoms with van der Waals surface area (Å²) in [6.07, 6.45) is 1.11. The molecule has 0 aromatic heterocycles. The van der Waals surface area contributed by atoms with Gasteiger partial charge in [-0.1, -0.05) is 13.3 Å². The monoisotopic (exact) mass is 276 g/mol. The van der Waals surface area contributed by atoms with Crippen molar-refractivity contribution < 1.29 is 19.1 Å². The molecule has 4 amide bonds. The molecular formula is C14H16N2O4. The molecule has 1 heterocycles. The first-order chi connectivity index (χ1) is 9.58. The first kappa shape index (κ1) is 14.0. The first-order valence-electron chi connectivity index (χ1n) is 6.41. The van der Waals surface area contributed by atoms with Gasteiger partial charge in [-0.2, -0.15) is 0 Å². The number of anilines is 1. The molecule has 2 rings (SSSR count). The van der Waals surface area contributed by atoms with Crippen LogP contribution in [0.1, 0.15) is 19.8 Å². The number of carbonyl (C=O) groups excluding carboxylic acids is 3. The van der Waals surface area contributed by atoms with Crippen LogP contribution in [0.25, 0.3) is 0 Å². The van der Waals surface area contributed by atoms with Crippen molar-refractivity contribution in [3.05, 3.63) is 24.3 Å². The molecule has 1 unspecified atom stereocenters. The molecule has 1 N–H and O–H groups in total. The molecule has 1 aliphatic rings. The van der Waals surface area contributed by atoms with Gasteiger partial charge in [-0.05, 0) is 30.7 Å². The third-order valence-corrected chi connectivity index (χ3v) is 3.18. The molecule has 1 aliphatic heterocycles. The minimum Gasteiger partial charge on any atom is -0.497 e. The number of amides is 4. The summed E-state index contributed by atoms with van der Waals surface area (Å²) < 4.78 is 5.03. The Balaban J connectivity index is 2.30. The van der Waals surface area contributed by atoms with Gasteiger partial charge in [-0.3, -0.25) is 14.9 Å². The van der Waals surface area contributed by atoms with E-state index in [1.54, 1.807) is 24.3 Å². The molecule has 106 valence electrons. The molecule has 1 saturated heterocycles. The lowest BCUT2D eigenvalue weighted by Crippen LogP contribution is -2.58. The third-order valence-electron chi connectivity index (χ3n) is 3.18. The van der Waals surface area contributed by atoms with Crippen LogP contribution in [0.2, 0.25) is 0 Å². The Bertz CT molecular complexity index is 539. The van der Waals surface area contributed by atoms with E-state index in [0.717, 1.165) is 4.90 Å². The van der Waals surface area contributed by atoms with E-state index in [1.807, 2.05) is 6.92 Å². The highest BCUT2D eigenvalue weighted by Gasteiger charge is 2.40. The van der Waals surface area contributed by atoms with E-state index >= 15 is 0 Å². The van der Waals surface area contributed by atoms with E-state index < -0.39 is 23.8 Å². The number of hydrogen-bond donors (Lipinski definition) is 1. The highest BCUT2D eigenvalue weighted by atomic mass is 16.5. The van der Waals surface area contributed by atoms with Crippen LogP contribution >= 0.6 is 0 Å². The number of hydrogen-bond acceptors (Lipinski definition) is 4. The van der Waals surface area contributed by atoms with Crippen LogP contribution in [-0.2, 0) is 9.59 Å². The number of nitrogens with one attached hydrogen (secondary N) is 1. The van der Waals surface area contributed by atoms with Crippen LogP contribution < -0.4 is 15.0 Å². The molecule has 1 aromatic rings. The van der Waals surface area contributed by atoms with Gasteiger partial charge in [-0.15, -0.1) is 0 Å².